The Labute approximate surface area is 225 Å². The van der Waals surface area contributed by atoms with E-state index < -0.39 is 12.1 Å². The quantitative estimate of drug-likeness (QED) is 0.309. The fraction of sp³-hybridized carbons (Fsp3) is 0.241. The maximum atomic E-state index is 14.0. The molecule has 190 valence electrons. The fourth-order valence-electron chi connectivity index (χ4n) is 5.14. The van der Waals surface area contributed by atoms with E-state index in [1.54, 1.807) is 36.4 Å². The second-order valence-electron chi connectivity index (χ2n) is 10.2. The number of carbonyl (C=O) groups excluding carboxylic acids is 2. The number of para-hydroxylation sites is 1. The molecule has 0 bridgehead atoms. The number of hydrogen-bond acceptors (Lipinski definition) is 4. The van der Waals surface area contributed by atoms with Crippen LogP contribution in [0.3, 0.4) is 0 Å². The average molecular weight is 536 g/mol. The number of aromatic hydroxyl groups is 1. The van der Waals surface area contributed by atoms with Crippen molar-refractivity contribution in [2.45, 2.75) is 39.3 Å². The summed E-state index contributed by atoms with van der Waals surface area (Å²) in [6, 6.07) is 18.3. The molecule has 3 aromatic carbocycles. The van der Waals surface area contributed by atoms with E-state index in [2.05, 4.69) is 10.6 Å². The molecule has 1 aliphatic heterocycles. The molecule has 1 heterocycles. The second-order valence-corrected chi connectivity index (χ2v) is 11.1. The molecule has 0 radical (unpaired) electrons. The van der Waals surface area contributed by atoms with Crippen molar-refractivity contribution in [3.05, 3.63) is 99.2 Å². The Kier molecular flexibility index (Phi) is 6.65. The van der Waals surface area contributed by atoms with E-state index >= 15 is 0 Å². The van der Waals surface area contributed by atoms with Crippen molar-refractivity contribution in [2.75, 3.05) is 10.2 Å². The number of nitrogens with one attached hydrogen (secondary N) is 2. The Hall–Kier alpha value is -3.48. The van der Waals surface area contributed by atoms with Gasteiger partial charge in [-0.05, 0) is 47.2 Å². The topological polar surface area (TPSA) is 81.7 Å². The van der Waals surface area contributed by atoms with Gasteiger partial charge >= 0.3 is 6.03 Å². The van der Waals surface area contributed by atoms with Gasteiger partial charge in [0, 0.05) is 34.3 Å². The summed E-state index contributed by atoms with van der Waals surface area (Å²) in [5.74, 6) is -0.105. The highest BCUT2D eigenvalue weighted by Gasteiger charge is 2.44. The van der Waals surface area contributed by atoms with Gasteiger partial charge in [0.05, 0.1) is 11.7 Å². The molecule has 37 heavy (non-hydrogen) atoms. The van der Waals surface area contributed by atoms with Crippen LogP contribution >= 0.6 is 23.2 Å². The van der Waals surface area contributed by atoms with Gasteiger partial charge in [-0.15, -0.1) is 0 Å². The van der Waals surface area contributed by atoms with Gasteiger partial charge in [-0.2, -0.15) is 0 Å². The molecule has 6 nitrogen and oxygen atoms in total. The number of ketones is 1. The number of hydrogen-bond donors (Lipinski definition) is 3. The minimum Gasteiger partial charge on any atom is -0.506 e. The summed E-state index contributed by atoms with van der Waals surface area (Å²) in [5.41, 5.74) is 3.11. The van der Waals surface area contributed by atoms with Crippen molar-refractivity contribution < 1.29 is 14.7 Å². The van der Waals surface area contributed by atoms with Gasteiger partial charge in [-0.25, -0.2) is 4.79 Å². The van der Waals surface area contributed by atoms with E-state index in [1.165, 1.54) is 4.90 Å². The number of phenols is 1. The maximum Gasteiger partial charge on any atom is 0.323 e. The van der Waals surface area contributed by atoms with Gasteiger partial charge in [-0.1, -0.05) is 79.5 Å². The standard InChI is InChI=1S/C29H27Cl2N3O3/c1-29(2)14-21-25(24(36)15-29)27(19-12-11-18(30)13-20(19)31)34(22-9-6-10-23(35)26(22)33-21)28(37)32-16-17-7-4-3-5-8-17/h3-13,27,33,35H,14-16H2,1-2H3,(H,32,37). The van der Waals surface area contributed by atoms with Gasteiger partial charge in [0.2, 0.25) is 0 Å². The number of fused-ring (bicyclic) bond motifs is 1. The highest BCUT2D eigenvalue weighted by atomic mass is 35.5. The lowest BCUT2D eigenvalue weighted by molar-refractivity contribution is -0.118. The van der Waals surface area contributed by atoms with Crippen LogP contribution in [0.1, 0.15) is 43.9 Å². The number of Topliss-reactive ketones (excluding diaryl/α,β-unsaturated/α-hetero) is 1. The van der Waals surface area contributed by atoms with Crippen LogP contribution in [0.15, 0.2) is 78.0 Å². The van der Waals surface area contributed by atoms with E-state index in [4.69, 9.17) is 23.2 Å². The normalized spacial score (nSPS) is 18.4. The molecule has 0 saturated heterocycles. The van der Waals surface area contributed by atoms with Crippen molar-refractivity contribution in [2.24, 2.45) is 5.41 Å². The summed E-state index contributed by atoms with van der Waals surface area (Å²) < 4.78 is 0. The summed E-state index contributed by atoms with van der Waals surface area (Å²) in [6.45, 7) is 4.34. The Morgan fingerprint density at radius 2 is 1.84 bits per heavy atom. The summed E-state index contributed by atoms with van der Waals surface area (Å²) in [5, 5.41) is 17.9. The van der Waals surface area contributed by atoms with Crippen LogP contribution in [-0.2, 0) is 11.3 Å². The molecule has 0 aromatic heterocycles. The third-order valence-electron chi connectivity index (χ3n) is 6.77. The Balaban J connectivity index is 1.71. The fourth-order valence-corrected chi connectivity index (χ4v) is 5.65. The van der Waals surface area contributed by atoms with Gasteiger partial charge in [0.15, 0.2) is 5.78 Å². The number of benzene rings is 3. The molecule has 5 rings (SSSR count). The third-order valence-corrected chi connectivity index (χ3v) is 7.33. The molecular formula is C29H27Cl2N3O3. The van der Waals surface area contributed by atoms with Crippen molar-refractivity contribution in [3.8, 4) is 5.75 Å². The van der Waals surface area contributed by atoms with Gasteiger partial charge in [-0.3, -0.25) is 9.69 Å². The number of allylic oxidation sites excluding steroid dienone is 1. The van der Waals surface area contributed by atoms with Crippen LogP contribution in [0.2, 0.25) is 10.0 Å². The van der Waals surface area contributed by atoms with Crippen LogP contribution in [0.4, 0.5) is 16.2 Å². The summed E-state index contributed by atoms with van der Waals surface area (Å²) in [7, 11) is 0. The van der Waals surface area contributed by atoms with E-state index in [0.29, 0.717) is 51.1 Å². The molecule has 8 heteroatoms. The molecule has 1 atom stereocenters. The largest absolute Gasteiger partial charge is 0.506 e. The van der Waals surface area contributed by atoms with Crippen LogP contribution in [0.5, 0.6) is 5.75 Å². The predicted molar refractivity (Wildman–Crippen MR) is 147 cm³/mol. The number of nitrogens with zero attached hydrogens (tertiary/aromatic N) is 1. The lowest BCUT2D eigenvalue weighted by Crippen LogP contribution is -2.44. The number of halogens is 2. The van der Waals surface area contributed by atoms with Crippen molar-refractivity contribution >= 4 is 46.4 Å². The molecule has 1 aliphatic carbocycles. The molecule has 2 amide bonds. The van der Waals surface area contributed by atoms with Crippen molar-refractivity contribution in [1.29, 1.82) is 0 Å². The van der Waals surface area contributed by atoms with Crippen molar-refractivity contribution in [1.82, 2.24) is 5.32 Å². The van der Waals surface area contributed by atoms with E-state index in [1.807, 2.05) is 44.2 Å². The first kappa shape index (κ1) is 25.2. The van der Waals surface area contributed by atoms with Gasteiger partial charge in [0.1, 0.15) is 11.4 Å². The molecule has 0 spiro atoms. The maximum absolute atomic E-state index is 14.0. The first-order valence-corrected chi connectivity index (χ1v) is 12.8. The number of urea groups is 1. The predicted octanol–water partition coefficient (Wildman–Crippen LogP) is 7.23. The third kappa shape index (κ3) is 4.91. The summed E-state index contributed by atoms with van der Waals surface area (Å²) >= 11 is 12.9. The Morgan fingerprint density at radius 3 is 2.57 bits per heavy atom. The highest BCUT2D eigenvalue weighted by Crippen LogP contribution is 2.51. The summed E-state index contributed by atoms with van der Waals surface area (Å²) in [6.07, 6.45) is 0.875. The zero-order valence-electron chi connectivity index (χ0n) is 20.5. The van der Waals surface area contributed by atoms with Crippen LogP contribution in [0, 0.1) is 5.41 Å². The zero-order chi connectivity index (χ0) is 26.3. The van der Waals surface area contributed by atoms with Crippen LogP contribution in [0.25, 0.3) is 0 Å². The van der Waals surface area contributed by atoms with E-state index in [-0.39, 0.29) is 23.5 Å². The number of rotatable bonds is 3. The number of amides is 2. The minimum atomic E-state index is -0.838. The molecule has 0 saturated carbocycles. The van der Waals surface area contributed by atoms with E-state index in [9.17, 15) is 14.7 Å². The SMILES string of the molecule is CC1(C)CC(=O)C2=C(C1)Nc1c(O)cccc1N(C(=O)NCc1ccccc1)C2c1ccc(Cl)cc1Cl. The molecule has 3 N–H and O–H groups in total. The van der Waals surface area contributed by atoms with Gasteiger partial charge in [0.25, 0.3) is 0 Å². The lowest BCUT2D eigenvalue weighted by Gasteiger charge is -2.37. The Morgan fingerprint density at radius 1 is 1.08 bits per heavy atom. The second kappa shape index (κ2) is 9.77. The first-order chi connectivity index (χ1) is 17.6. The molecule has 3 aromatic rings. The summed E-state index contributed by atoms with van der Waals surface area (Å²) in [4.78, 5) is 29.2. The number of carbonyl (C=O) groups is 2. The van der Waals surface area contributed by atoms with Crippen LogP contribution < -0.4 is 15.5 Å². The highest BCUT2D eigenvalue weighted by molar-refractivity contribution is 6.35. The first-order valence-electron chi connectivity index (χ1n) is 12.1. The lowest BCUT2D eigenvalue weighted by atomic mass is 9.73. The smallest absolute Gasteiger partial charge is 0.323 e. The number of phenolic OH excluding ortho intramolecular Hbond substituents is 1. The number of anilines is 2. The zero-order valence-corrected chi connectivity index (χ0v) is 22.0. The minimum absolute atomic E-state index is 0.0242. The average Bonchev–Trinajstić information content (AvgIpc) is 2.98. The molecule has 2 aliphatic rings. The Bertz CT molecular complexity index is 1420. The van der Waals surface area contributed by atoms with E-state index in [0.717, 1.165) is 5.56 Å². The van der Waals surface area contributed by atoms with Crippen molar-refractivity contribution in [3.63, 3.8) is 0 Å². The van der Waals surface area contributed by atoms with Crippen LogP contribution in [-0.4, -0.2) is 16.9 Å². The molecule has 1 unspecified atom stereocenters. The monoisotopic (exact) mass is 535 g/mol. The molecular weight excluding hydrogens is 509 g/mol. The molecule has 0 fully saturated rings. The van der Waals surface area contributed by atoms with Gasteiger partial charge < -0.3 is 15.7 Å².